The summed E-state index contributed by atoms with van der Waals surface area (Å²) in [5.74, 6) is -0.279. The first-order valence-electron chi connectivity index (χ1n) is 14.1. The predicted octanol–water partition coefficient (Wildman–Crippen LogP) is 8.18. The summed E-state index contributed by atoms with van der Waals surface area (Å²) in [4.78, 5) is 8.66. The number of nitrogens with zero attached hydrogens (tertiary/aromatic N) is 6. The molecule has 13 heteroatoms. The number of halogens is 5. The van der Waals surface area contributed by atoms with E-state index < -0.39 is 17.8 Å². The normalized spacial score (nSPS) is 18.2. The topological polar surface area (TPSA) is 104 Å². The molecule has 0 saturated heterocycles. The summed E-state index contributed by atoms with van der Waals surface area (Å²) in [6.07, 6.45) is 4.02. The molecule has 1 fully saturated rings. The highest BCUT2D eigenvalue weighted by molar-refractivity contribution is 6.49. The molecule has 1 unspecified atom stereocenters. The highest BCUT2D eigenvalue weighted by atomic mass is 35.5. The Labute approximate surface area is 262 Å². The maximum atomic E-state index is 14.0. The molecular weight excluding hydrogens is 612 g/mol. The van der Waals surface area contributed by atoms with E-state index in [1.807, 2.05) is 18.2 Å². The smallest absolute Gasteiger partial charge is 0.383 e. The number of benzene rings is 1. The summed E-state index contributed by atoms with van der Waals surface area (Å²) in [6.45, 7) is 6.82. The van der Waals surface area contributed by atoms with Crippen molar-refractivity contribution >= 4 is 50.5 Å². The van der Waals surface area contributed by atoms with Gasteiger partial charge in [-0.2, -0.15) is 18.4 Å². The second-order valence-corrected chi connectivity index (χ2v) is 13.3. The van der Waals surface area contributed by atoms with E-state index in [2.05, 4.69) is 57.8 Å². The third-order valence-electron chi connectivity index (χ3n) is 8.15. The van der Waals surface area contributed by atoms with E-state index in [0.717, 1.165) is 15.8 Å². The van der Waals surface area contributed by atoms with Gasteiger partial charge in [-0.3, -0.25) is 9.97 Å². The van der Waals surface area contributed by atoms with Crippen molar-refractivity contribution < 1.29 is 13.2 Å². The number of anilines is 2. The number of nitrogens with one attached hydrogen (secondary N) is 2. The molecule has 44 heavy (non-hydrogen) atoms. The van der Waals surface area contributed by atoms with Gasteiger partial charge in [0.2, 0.25) is 0 Å². The zero-order valence-corrected chi connectivity index (χ0v) is 25.7. The predicted molar refractivity (Wildman–Crippen MR) is 164 cm³/mol. The average Bonchev–Trinajstić information content (AvgIpc) is 3.66. The lowest BCUT2D eigenvalue weighted by molar-refractivity contribution is -0.182. The third kappa shape index (κ3) is 5.46. The van der Waals surface area contributed by atoms with Gasteiger partial charge in [0, 0.05) is 52.7 Å². The Balaban J connectivity index is 1.46. The molecule has 1 aromatic carbocycles. The molecule has 0 bridgehead atoms. The minimum Gasteiger partial charge on any atom is -0.383 e. The van der Waals surface area contributed by atoms with Gasteiger partial charge in [-0.05, 0) is 48.4 Å². The fraction of sp³-hybridized carbons (Fsp3) is 0.387. The molecule has 0 radical (unpaired) electrons. The van der Waals surface area contributed by atoms with Gasteiger partial charge in [0.25, 0.3) is 0 Å². The maximum absolute atomic E-state index is 14.0. The lowest BCUT2D eigenvalue weighted by Crippen LogP contribution is -2.35. The molecule has 2 aliphatic carbocycles. The Kier molecular flexibility index (Phi) is 7.49. The number of pyridine rings is 2. The molecule has 3 aromatic heterocycles. The van der Waals surface area contributed by atoms with Crippen LogP contribution in [0.3, 0.4) is 0 Å². The summed E-state index contributed by atoms with van der Waals surface area (Å²) < 4.78 is 42.9. The Morgan fingerprint density at radius 2 is 1.95 bits per heavy atom. The molecule has 3 heterocycles. The molecule has 0 amide bonds. The average molecular weight is 642 g/mol. The van der Waals surface area contributed by atoms with Crippen LogP contribution in [0.5, 0.6) is 0 Å². The Bertz CT molecular complexity index is 1820. The number of hydrogen-bond acceptors (Lipinski definition) is 7. The Morgan fingerprint density at radius 1 is 1.18 bits per heavy atom. The first-order chi connectivity index (χ1) is 20.8. The molecule has 2 N–H and O–H groups in total. The van der Waals surface area contributed by atoms with E-state index in [0.29, 0.717) is 56.6 Å². The van der Waals surface area contributed by atoms with Crippen LogP contribution in [-0.4, -0.2) is 37.7 Å². The zero-order valence-electron chi connectivity index (χ0n) is 24.2. The van der Waals surface area contributed by atoms with E-state index in [1.165, 1.54) is 12.4 Å². The number of aromatic nitrogens is 5. The molecule has 0 spiro atoms. The number of nitriles is 1. The van der Waals surface area contributed by atoms with Gasteiger partial charge in [0.15, 0.2) is 5.54 Å². The standard InChI is InChI=1S/C31H29Cl2F3N8/c1-29(2,3)16-40-26-17(12-37)13-39-27-21(26)10-18(11-24(27)33)41-28(20-4-5-23(32)22-14-38-9-6-19(20)22)25-15-44(43-42-25)30(7-8-30)31(34,35)36/h5-6,9-11,13-15,20,28,41H,4,7-8,16H2,1-3H3,(H,39,40)/t20?,28-/m0/s1. The van der Waals surface area contributed by atoms with E-state index in [-0.39, 0.29) is 24.2 Å². The van der Waals surface area contributed by atoms with Gasteiger partial charge in [0.1, 0.15) is 11.8 Å². The Morgan fingerprint density at radius 3 is 2.64 bits per heavy atom. The minimum atomic E-state index is -4.45. The van der Waals surface area contributed by atoms with Gasteiger partial charge >= 0.3 is 6.18 Å². The first kappa shape index (κ1) is 30.2. The molecular formula is C31H29Cl2F3N8. The van der Waals surface area contributed by atoms with Crippen molar-refractivity contribution in [1.29, 1.82) is 5.26 Å². The van der Waals surface area contributed by atoms with Crippen LogP contribution in [0.15, 0.2) is 49.1 Å². The molecule has 2 aliphatic rings. The summed E-state index contributed by atoms with van der Waals surface area (Å²) in [5, 5.41) is 26.5. The number of hydrogen-bond donors (Lipinski definition) is 2. The molecule has 1 saturated carbocycles. The number of alkyl halides is 3. The summed E-state index contributed by atoms with van der Waals surface area (Å²) in [5.41, 5.74) is 1.90. The van der Waals surface area contributed by atoms with Crippen LogP contribution in [-0.2, 0) is 5.54 Å². The van der Waals surface area contributed by atoms with Gasteiger partial charge in [-0.1, -0.05) is 55.3 Å². The van der Waals surface area contributed by atoms with Crippen LogP contribution in [0.4, 0.5) is 24.5 Å². The van der Waals surface area contributed by atoms with Crippen LogP contribution in [0.25, 0.3) is 15.9 Å². The van der Waals surface area contributed by atoms with Crippen LogP contribution in [0, 0.1) is 16.7 Å². The summed E-state index contributed by atoms with van der Waals surface area (Å²) >= 11 is 13.3. The molecule has 2 atom stereocenters. The fourth-order valence-electron chi connectivity index (χ4n) is 5.63. The number of allylic oxidation sites excluding steroid dienone is 1. The molecule has 6 rings (SSSR count). The van der Waals surface area contributed by atoms with Gasteiger partial charge in [0.05, 0.1) is 34.0 Å². The van der Waals surface area contributed by atoms with Crippen molar-refractivity contribution in [1.82, 2.24) is 25.0 Å². The van der Waals surface area contributed by atoms with Crippen LogP contribution >= 0.6 is 23.2 Å². The van der Waals surface area contributed by atoms with Crippen LogP contribution in [0.1, 0.15) is 74.4 Å². The maximum Gasteiger partial charge on any atom is 0.413 e. The van der Waals surface area contributed by atoms with Crippen LogP contribution < -0.4 is 10.6 Å². The van der Waals surface area contributed by atoms with Gasteiger partial charge in [-0.15, -0.1) is 5.10 Å². The fourth-order valence-corrected chi connectivity index (χ4v) is 6.15. The number of fused-ring (bicyclic) bond motifs is 2. The lowest BCUT2D eigenvalue weighted by Gasteiger charge is -2.31. The Hall–Kier alpha value is -3.88. The quantitative estimate of drug-likeness (QED) is 0.210. The van der Waals surface area contributed by atoms with E-state index in [1.54, 1.807) is 18.5 Å². The second-order valence-electron chi connectivity index (χ2n) is 12.5. The van der Waals surface area contributed by atoms with Gasteiger partial charge in [-0.25, -0.2) is 4.68 Å². The zero-order chi connectivity index (χ0) is 31.4. The second kappa shape index (κ2) is 10.9. The summed E-state index contributed by atoms with van der Waals surface area (Å²) in [7, 11) is 0. The molecule has 228 valence electrons. The summed E-state index contributed by atoms with van der Waals surface area (Å²) in [6, 6.07) is 7.00. The van der Waals surface area contributed by atoms with Crippen molar-refractivity contribution in [3.8, 4) is 6.07 Å². The van der Waals surface area contributed by atoms with Crippen molar-refractivity contribution in [3.63, 3.8) is 0 Å². The molecule has 4 aromatic rings. The van der Waals surface area contributed by atoms with E-state index in [9.17, 15) is 18.4 Å². The van der Waals surface area contributed by atoms with E-state index in [4.69, 9.17) is 23.2 Å². The van der Waals surface area contributed by atoms with Crippen molar-refractivity contribution in [2.45, 2.75) is 63.7 Å². The van der Waals surface area contributed by atoms with Crippen molar-refractivity contribution in [2.75, 3.05) is 17.2 Å². The highest BCUT2D eigenvalue weighted by Crippen LogP contribution is 2.55. The third-order valence-corrected chi connectivity index (χ3v) is 8.79. The van der Waals surface area contributed by atoms with Crippen LogP contribution in [0.2, 0.25) is 5.02 Å². The first-order valence-corrected chi connectivity index (χ1v) is 14.9. The lowest BCUT2D eigenvalue weighted by atomic mass is 9.81. The number of rotatable bonds is 7. The van der Waals surface area contributed by atoms with Crippen molar-refractivity contribution in [2.24, 2.45) is 5.41 Å². The SMILES string of the molecule is CC(C)(C)CNc1c(C#N)cnc2c(Cl)cc(N[C@H](c3cn(C4(C(F)(F)F)CC4)nn3)C3CC=C(Cl)c4cnccc43)cc12. The molecule has 0 aliphatic heterocycles. The van der Waals surface area contributed by atoms with Gasteiger partial charge < -0.3 is 10.6 Å². The highest BCUT2D eigenvalue weighted by Gasteiger charge is 2.66. The van der Waals surface area contributed by atoms with Crippen molar-refractivity contribution in [3.05, 3.63) is 76.5 Å². The van der Waals surface area contributed by atoms with E-state index >= 15 is 0 Å². The minimum absolute atomic E-state index is 0.0491. The molecule has 8 nitrogen and oxygen atoms in total. The monoisotopic (exact) mass is 640 g/mol. The largest absolute Gasteiger partial charge is 0.413 e.